The first-order valence-electron chi connectivity index (χ1n) is 18.7. The Morgan fingerprint density at radius 2 is 0.884 bits per heavy atom. The van der Waals surface area contributed by atoms with Crippen molar-refractivity contribution in [3.63, 3.8) is 0 Å². The zero-order valence-electron chi connectivity index (χ0n) is 29.3. The quantitative estimate of drug-likeness (QED) is 0.0415. The molecular weight excluding hydrogens is 547 g/mol. The standard InChI is InChI=1S/C38H73NO3Si/c1-5-8-11-14-17-20-23-27-34-40-43(37-30-26-33-39(4)38-31-32-38,41-35-28-24-21-18-15-12-9-6-2)42-36-29-25-22-19-16-13-10-7-3/h17-22,38H,5-16,23-37H2,1-4H3/b20-17-,21-18-,22-19-. The molecule has 1 fully saturated rings. The average molecular weight is 620 g/mol. The van der Waals surface area contributed by atoms with Gasteiger partial charge in [0.05, 0.1) is 0 Å². The van der Waals surface area contributed by atoms with E-state index in [1.54, 1.807) is 0 Å². The fourth-order valence-corrected chi connectivity index (χ4v) is 8.00. The van der Waals surface area contributed by atoms with Crippen molar-refractivity contribution in [3.8, 4) is 0 Å². The Hall–Kier alpha value is -0.723. The van der Waals surface area contributed by atoms with Crippen molar-refractivity contribution >= 4 is 8.80 Å². The molecule has 0 unspecified atom stereocenters. The van der Waals surface area contributed by atoms with Gasteiger partial charge in [-0.1, -0.05) is 95.8 Å². The predicted octanol–water partition coefficient (Wildman–Crippen LogP) is 11.6. The minimum Gasteiger partial charge on any atom is -0.373 e. The molecule has 252 valence electrons. The van der Waals surface area contributed by atoms with E-state index in [0.717, 1.165) is 76.9 Å². The molecule has 0 heterocycles. The molecule has 1 aliphatic rings. The normalized spacial score (nSPS) is 14.4. The Balaban J connectivity index is 2.65. The van der Waals surface area contributed by atoms with Crippen LogP contribution in [0.3, 0.4) is 0 Å². The van der Waals surface area contributed by atoms with Gasteiger partial charge in [-0.15, -0.1) is 0 Å². The Kier molecular flexibility index (Phi) is 28.1. The summed E-state index contributed by atoms with van der Waals surface area (Å²) in [5, 5.41) is 0. The summed E-state index contributed by atoms with van der Waals surface area (Å²) in [5.74, 6) is 0. The van der Waals surface area contributed by atoms with Gasteiger partial charge in [0.2, 0.25) is 0 Å². The SMILES string of the molecule is CCCCC/C=C\CCCO[Si](CCCCN(C)C1CC1)(OCCC/C=C\CCCCC)OCCC/C=C\CCCCC. The fraction of sp³-hybridized carbons (Fsp3) is 0.842. The highest BCUT2D eigenvalue weighted by atomic mass is 28.4. The Bertz CT molecular complexity index is 607. The molecule has 0 bridgehead atoms. The maximum Gasteiger partial charge on any atom is 0.500 e. The van der Waals surface area contributed by atoms with Gasteiger partial charge in [-0.05, 0) is 116 Å². The van der Waals surface area contributed by atoms with E-state index in [0.29, 0.717) is 0 Å². The highest BCUT2D eigenvalue weighted by Crippen LogP contribution is 2.26. The Morgan fingerprint density at radius 1 is 0.512 bits per heavy atom. The van der Waals surface area contributed by atoms with Crippen LogP contribution in [0.4, 0.5) is 0 Å². The van der Waals surface area contributed by atoms with Gasteiger partial charge in [0.15, 0.2) is 0 Å². The topological polar surface area (TPSA) is 30.9 Å². The van der Waals surface area contributed by atoms with Crippen molar-refractivity contribution in [3.05, 3.63) is 36.5 Å². The fourth-order valence-electron chi connectivity index (χ4n) is 5.27. The van der Waals surface area contributed by atoms with E-state index in [2.05, 4.69) is 69.2 Å². The molecule has 5 heteroatoms. The molecule has 1 saturated carbocycles. The van der Waals surface area contributed by atoms with Crippen LogP contribution in [0.25, 0.3) is 0 Å². The molecule has 1 rings (SSSR count). The predicted molar refractivity (Wildman–Crippen MR) is 191 cm³/mol. The van der Waals surface area contributed by atoms with Crippen LogP contribution in [0.2, 0.25) is 6.04 Å². The second-order valence-corrected chi connectivity index (χ2v) is 15.5. The number of allylic oxidation sites excluding steroid dienone is 6. The van der Waals surface area contributed by atoms with E-state index in [4.69, 9.17) is 13.3 Å². The number of rotatable bonds is 33. The minimum atomic E-state index is -2.73. The van der Waals surface area contributed by atoms with Crippen LogP contribution in [0.5, 0.6) is 0 Å². The Labute approximate surface area is 270 Å². The molecule has 0 aliphatic heterocycles. The summed E-state index contributed by atoms with van der Waals surface area (Å²) in [7, 11) is -0.443. The van der Waals surface area contributed by atoms with E-state index < -0.39 is 8.80 Å². The summed E-state index contributed by atoms with van der Waals surface area (Å²) in [4.78, 5) is 2.54. The van der Waals surface area contributed by atoms with E-state index in [9.17, 15) is 0 Å². The molecule has 0 aromatic carbocycles. The van der Waals surface area contributed by atoms with Gasteiger partial charge in [0, 0.05) is 31.9 Å². The van der Waals surface area contributed by atoms with Crippen molar-refractivity contribution in [2.24, 2.45) is 0 Å². The number of unbranched alkanes of at least 4 members (excludes halogenated alkanes) is 13. The van der Waals surface area contributed by atoms with Crippen LogP contribution in [0.15, 0.2) is 36.5 Å². The molecule has 0 aromatic heterocycles. The lowest BCUT2D eigenvalue weighted by atomic mass is 10.2. The van der Waals surface area contributed by atoms with Crippen LogP contribution in [0.1, 0.15) is 162 Å². The molecule has 0 atom stereocenters. The first kappa shape index (κ1) is 40.3. The monoisotopic (exact) mass is 620 g/mol. The van der Waals surface area contributed by atoms with Crippen LogP contribution in [-0.2, 0) is 13.3 Å². The lowest BCUT2D eigenvalue weighted by molar-refractivity contribution is 0.0564. The molecular formula is C38H73NO3Si. The summed E-state index contributed by atoms with van der Waals surface area (Å²) in [6.07, 6.45) is 40.9. The number of hydrogen-bond donors (Lipinski definition) is 0. The third-order valence-electron chi connectivity index (χ3n) is 8.35. The lowest BCUT2D eigenvalue weighted by Gasteiger charge is -2.30. The van der Waals surface area contributed by atoms with E-state index >= 15 is 0 Å². The summed E-state index contributed by atoms with van der Waals surface area (Å²) in [6, 6.07) is 1.77. The number of nitrogens with zero attached hydrogens (tertiary/aromatic N) is 1. The van der Waals surface area contributed by atoms with E-state index in [1.807, 2.05) is 0 Å². The third-order valence-corrected chi connectivity index (χ3v) is 11.2. The Morgan fingerprint density at radius 3 is 1.23 bits per heavy atom. The average Bonchev–Trinajstić information content (AvgIpc) is 3.86. The van der Waals surface area contributed by atoms with Gasteiger partial charge in [-0.2, -0.15) is 0 Å². The molecule has 0 radical (unpaired) electrons. The van der Waals surface area contributed by atoms with Crippen LogP contribution < -0.4 is 0 Å². The summed E-state index contributed by atoms with van der Waals surface area (Å²) < 4.78 is 20.1. The third kappa shape index (κ3) is 25.2. The maximum absolute atomic E-state index is 6.70. The van der Waals surface area contributed by atoms with Crippen molar-refractivity contribution in [2.45, 2.75) is 174 Å². The molecule has 0 spiro atoms. The largest absolute Gasteiger partial charge is 0.500 e. The van der Waals surface area contributed by atoms with Crippen LogP contribution in [-0.4, -0.2) is 53.2 Å². The second-order valence-electron chi connectivity index (χ2n) is 12.7. The molecule has 1 aliphatic carbocycles. The molecule has 4 nitrogen and oxygen atoms in total. The van der Waals surface area contributed by atoms with Gasteiger partial charge >= 0.3 is 8.80 Å². The van der Waals surface area contributed by atoms with Gasteiger partial charge in [0.25, 0.3) is 0 Å². The molecule has 0 amide bonds. The summed E-state index contributed by atoms with van der Waals surface area (Å²) in [5.41, 5.74) is 0. The molecule has 0 aromatic rings. The highest BCUT2D eigenvalue weighted by Gasteiger charge is 2.40. The maximum atomic E-state index is 6.70. The zero-order chi connectivity index (χ0) is 31.1. The zero-order valence-corrected chi connectivity index (χ0v) is 30.3. The van der Waals surface area contributed by atoms with Crippen molar-refractivity contribution < 1.29 is 13.3 Å². The summed E-state index contributed by atoms with van der Waals surface area (Å²) in [6.45, 7) is 10.2. The van der Waals surface area contributed by atoms with Crippen LogP contribution >= 0.6 is 0 Å². The first-order chi connectivity index (χ1) is 21.2. The molecule has 0 saturated heterocycles. The smallest absolute Gasteiger partial charge is 0.373 e. The first-order valence-corrected chi connectivity index (χ1v) is 20.7. The highest BCUT2D eigenvalue weighted by molar-refractivity contribution is 6.60. The van der Waals surface area contributed by atoms with Crippen molar-refractivity contribution in [1.29, 1.82) is 0 Å². The minimum absolute atomic E-state index is 0.738. The van der Waals surface area contributed by atoms with Crippen molar-refractivity contribution in [2.75, 3.05) is 33.4 Å². The van der Waals surface area contributed by atoms with Crippen molar-refractivity contribution in [1.82, 2.24) is 4.90 Å². The van der Waals surface area contributed by atoms with E-state index in [-0.39, 0.29) is 0 Å². The van der Waals surface area contributed by atoms with Gasteiger partial charge < -0.3 is 18.2 Å². The van der Waals surface area contributed by atoms with Gasteiger partial charge in [-0.25, -0.2) is 0 Å². The van der Waals surface area contributed by atoms with Crippen LogP contribution in [0, 0.1) is 0 Å². The van der Waals surface area contributed by atoms with Gasteiger partial charge in [-0.3, -0.25) is 0 Å². The summed E-state index contributed by atoms with van der Waals surface area (Å²) >= 11 is 0. The second kappa shape index (κ2) is 30.0. The van der Waals surface area contributed by atoms with E-state index in [1.165, 1.54) is 103 Å². The molecule has 0 N–H and O–H groups in total. The number of hydrogen-bond acceptors (Lipinski definition) is 4. The van der Waals surface area contributed by atoms with Gasteiger partial charge in [0.1, 0.15) is 0 Å². The lowest BCUT2D eigenvalue weighted by Crippen LogP contribution is -2.46. The molecule has 43 heavy (non-hydrogen) atoms.